The second-order valence-electron chi connectivity index (χ2n) is 6.29. The monoisotopic (exact) mass is 453 g/mol. The Morgan fingerprint density at radius 3 is 2.40 bits per heavy atom. The number of aromatic nitrogens is 1. The van der Waals surface area contributed by atoms with E-state index >= 15 is 0 Å². The Morgan fingerprint density at radius 2 is 1.63 bits per heavy atom. The molecule has 0 bridgehead atoms. The number of sulfonamides is 1. The van der Waals surface area contributed by atoms with Crippen LogP contribution in [0.5, 0.6) is 0 Å². The van der Waals surface area contributed by atoms with Crippen LogP contribution in [0.1, 0.15) is 5.56 Å². The number of rotatable bonds is 6. The van der Waals surface area contributed by atoms with Crippen LogP contribution < -0.4 is 4.72 Å². The average molecular weight is 454 g/mol. The van der Waals surface area contributed by atoms with Gasteiger partial charge in [-0.15, -0.1) is 11.3 Å². The Labute approximate surface area is 183 Å². The van der Waals surface area contributed by atoms with Gasteiger partial charge in [0.1, 0.15) is 0 Å². The molecule has 30 heavy (non-hydrogen) atoms. The summed E-state index contributed by atoms with van der Waals surface area (Å²) in [4.78, 5) is 9.09. The first-order valence-corrected chi connectivity index (χ1v) is 11.7. The first-order chi connectivity index (χ1) is 14.5. The Bertz CT molecular complexity index is 1290. The van der Waals surface area contributed by atoms with E-state index in [1.54, 1.807) is 30.5 Å². The first kappa shape index (κ1) is 20.3. The van der Waals surface area contributed by atoms with Crippen molar-refractivity contribution in [3.8, 4) is 11.3 Å². The highest BCUT2D eigenvalue weighted by Crippen LogP contribution is 2.33. The van der Waals surface area contributed by atoms with Crippen LogP contribution in [-0.4, -0.2) is 19.6 Å². The molecule has 4 rings (SSSR count). The van der Waals surface area contributed by atoms with Crippen LogP contribution in [-0.2, 0) is 10.0 Å². The molecule has 0 amide bonds. The molecule has 0 aliphatic rings. The van der Waals surface area contributed by atoms with Crippen molar-refractivity contribution in [3.63, 3.8) is 0 Å². The molecule has 0 spiro atoms. The van der Waals surface area contributed by atoms with E-state index in [0.29, 0.717) is 27.1 Å². The van der Waals surface area contributed by atoms with Crippen molar-refractivity contribution in [1.82, 2.24) is 4.98 Å². The zero-order valence-corrected chi connectivity index (χ0v) is 18.0. The van der Waals surface area contributed by atoms with Gasteiger partial charge < -0.3 is 0 Å². The molecule has 0 aliphatic heterocycles. The van der Waals surface area contributed by atoms with Gasteiger partial charge in [-0.05, 0) is 35.9 Å². The molecule has 0 fully saturated rings. The van der Waals surface area contributed by atoms with E-state index in [0.717, 1.165) is 5.56 Å². The molecule has 150 valence electrons. The summed E-state index contributed by atoms with van der Waals surface area (Å²) >= 11 is 7.25. The summed E-state index contributed by atoms with van der Waals surface area (Å²) in [5.74, 6) is 0. The molecular formula is C22H16ClN3O2S2. The number of nitrogens with zero attached hydrogens (tertiary/aromatic N) is 2. The topological polar surface area (TPSA) is 71.4 Å². The fourth-order valence-electron chi connectivity index (χ4n) is 2.73. The third-order valence-corrected chi connectivity index (χ3v) is 6.57. The van der Waals surface area contributed by atoms with Crippen molar-refractivity contribution in [2.24, 2.45) is 4.99 Å². The molecule has 0 unspecified atom stereocenters. The quantitative estimate of drug-likeness (QED) is 0.363. The number of thiazole rings is 1. The Morgan fingerprint density at radius 1 is 0.933 bits per heavy atom. The predicted molar refractivity (Wildman–Crippen MR) is 124 cm³/mol. The van der Waals surface area contributed by atoms with Crippen LogP contribution in [0.3, 0.4) is 0 Å². The summed E-state index contributed by atoms with van der Waals surface area (Å²) in [6.45, 7) is 0. The Balaban J connectivity index is 1.60. The van der Waals surface area contributed by atoms with Gasteiger partial charge in [0, 0.05) is 22.2 Å². The van der Waals surface area contributed by atoms with Gasteiger partial charge in [-0.1, -0.05) is 60.1 Å². The minimum atomic E-state index is -3.76. The largest absolute Gasteiger partial charge is 0.279 e. The number of para-hydroxylation sites is 1. The Hall–Kier alpha value is -3.00. The minimum Gasteiger partial charge on any atom is -0.279 e. The number of hydrogen-bond donors (Lipinski definition) is 1. The smallest absolute Gasteiger partial charge is 0.261 e. The average Bonchev–Trinajstić information content (AvgIpc) is 3.22. The summed E-state index contributed by atoms with van der Waals surface area (Å²) < 4.78 is 28.2. The lowest BCUT2D eigenvalue weighted by atomic mass is 10.1. The van der Waals surface area contributed by atoms with Gasteiger partial charge in [0.25, 0.3) is 10.0 Å². The summed E-state index contributed by atoms with van der Waals surface area (Å²) in [5, 5.41) is 2.91. The molecule has 1 heterocycles. The molecule has 5 nitrogen and oxygen atoms in total. The lowest BCUT2D eigenvalue weighted by Crippen LogP contribution is -2.13. The number of aliphatic imine (C=N–C) groups is 1. The highest BCUT2D eigenvalue weighted by Gasteiger charge is 2.17. The molecule has 3 aromatic carbocycles. The fraction of sp³-hybridized carbons (Fsp3) is 0. The van der Waals surface area contributed by atoms with E-state index in [4.69, 9.17) is 11.6 Å². The zero-order valence-electron chi connectivity index (χ0n) is 15.6. The molecule has 8 heteroatoms. The normalized spacial score (nSPS) is 11.6. The maximum absolute atomic E-state index is 12.8. The molecule has 0 aliphatic carbocycles. The van der Waals surface area contributed by atoms with Gasteiger partial charge >= 0.3 is 0 Å². The van der Waals surface area contributed by atoms with Gasteiger partial charge in [-0.3, -0.25) is 4.72 Å². The highest BCUT2D eigenvalue weighted by molar-refractivity contribution is 7.92. The van der Waals surface area contributed by atoms with E-state index in [1.807, 2.05) is 47.8 Å². The molecule has 0 saturated carbocycles. The van der Waals surface area contributed by atoms with Crippen LogP contribution in [0.4, 0.5) is 10.8 Å². The second-order valence-corrected chi connectivity index (χ2v) is 9.24. The lowest BCUT2D eigenvalue weighted by molar-refractivity contribution is 0.601. The molecule has 1 aromatic heterocycles. The van der Waals surface area contributed by atoms with Crippen molar-refractivity contribution in [2.45, 2.75) is 4.90 Å². The van der Waals surface area contributed by atoms with Crippen molar-refractivity contribution in [2.75, 3.05) is 4.72 Å². The number of anilines is 1. The van der Waals surface area contributed by atoms with Crippen LogP contribution in [0, 0.1) is 0 Å². The maximum atomic E-state index is 12.8. The van der Waals surface area contributed by atoms with Gasteiger partial charge in [0.15, 0.2) is 0 Å². The zero-order chi connectivity index (χ0) is 21.0. The SMILES string of the molecule is O=S(=O)(Nc1ccccc1-c1csc(/N=C/c2ccccc2)n1)c1ccc(Cl)cc1. The Kier molecular flexibility index (Phi) is 5.94. The number of halogens is 1. The van der Waals surface area contributed by atoms with Gasteiger partial charge in [0.2, 0.25) is 5.13 Å². The van der Waals surface area contributed by atoms with Crippen molar-refractivity contribution >= 4 is 50.0 Å². The molecular weight excluding hydrogens is 438 g/mol. The number of nitrogens with one attached hydrogen (secondary N) is 1. The summed E-state index contributed by atoms with van der Waals surface area (Å²) in [7, 11) is -3.76. The van der Waals surface area contributed by atoms with E-state index < -0.39 is 10.0 Å². The summed E-state index contributed by atoms with van der Waals surface area (Å²) in [6, 6.07) is 22.9. The standard InChI is InChI=1S/C22H16ClN3O2S2/c23-17-10-12-18(13-11-17)30(27,28)26-20-9-5-4-8-19(20)21-15-29-22(25-21)24-14-16-6-2-1-3-7-16/h1-15,26H/b24-14+. The lowest BCUT2D eigenvalue weighted by Gasteiger charge is -2.11. The predicted octanol–water partition coefficient (Wildman–Crippen LogP) is 6.01. The molecule has 0 atom stereocenters. The van der Waals surface area contributed by atoms with Crippen LogP contribution in [0.25, 0.3) is 11.3 Å². The maximum Gasteiger partial charge on any atom is 0.261 e. The molecule has 0 radical (unpaired) electrons. The van der Waals surface area contributed by atoms with Gasteiger partial charge in [0.05, 0.1) is 16.3 Å². The molecule has 1 N–H and O–H groups in total. The van der Waals surface area contributed by atoms with E-state index in [9.17, 15) is 8.42 Å². The van der Waals surface area contributed by atoms with Gasteiger partial charge in [-0.2, -0.15) is 0 Å². The van der Waals surface area contributed by atoms with Crippen LogP contribution in [0.15, 0.2) is 94.1 Å². The number of benzene rings is 3. The minimum absolute atomic E-state index is 0.133. The second kappa shape index (κ2) is 8.79. The van der Waals surface area contributed by atoms with Crippen molar-refractivity contribution < 1.29 is 8.42 Å². The first-order valence-electron chi connectivity index (χ1n) is 8.94. The van der Waals surface area contributed by atoms with E-state index in [1.165, 1.54) is 23.5 Å². The third kappa shape index (κ3) is 4.76. The molecule has 0 saturated heterocycles. The van der Waals surface area contributed by atoms with Crippen LogP contribution >= 0.6 is 22.9 Å². The van der Waals surface area contributed by atoms with Crippen molar-refractivity contribution in [3.05, 3.63) is 94.8 Å². The van der Waals surface area contributed by atoms with E-state index in [2.05, 4.69) is 14.7 Å². The van der Waals surface area contributed by atoms with Crippen LogP contribution in [0.2, 0.25) is 5.02 Å². The molecule has 4 aromatic rings. The van der Waals surface area contributed by atoms with Gasteiger partial charge in [-0.25, -0.2) is 18.4 Å². The fourth-order valence-corrected chi connectivity index (χ4v) is 4.60. The number of hydrogen-bond acceptors (Lipinski definition) is 5. The summed E-state index contributed by atoms with van der Waals surface area (Å²) in [5.41, 5.74) is 2.74. The third-order valence-electron chi connectivity index (χ3n) is 4.19. The highest BCUT2D eigenvalue weighted by atomic mass is 35.5. The summed E-state index contributed by atoms with van der Waals surface area (Å²) in [6.07, 6.45) is 1.75. The van der Waals surface area contributed by atoms with Crippen molar-refractivity contribution in [1.29, 1.82) is 0 Å². The van der Waals surface area contributed by atoms with E-state index in [-0.39, 0.29) is 4.90 Å².